The normalized spacial score (nSPS) is 10.9. The van der Waals surface area contributed by atoms with Gasteiger partial charge in [-0.05, 0) is 6.42 Å². The highest BCUT2D eigenvalue weighted by Crippen LogP contribution is 2.12. The molecule has 1 aromatic rings. The van der Waals surface area contributed by atoms with E-state index in [1.54, 1.807) is 18.4 Å². The number of nitrogens with zero attached hydrogens (tertiary/aromatic N) is 2. The molecule has 0 unspecified atom stereocenters. The van der Waals surface area contributed by atoms with Crippen molar-refractivity contribution < 1.29 is 14.3 Å². The lowest BCUT2D eigenvalue weighted by molar-refractivity contribution is -0.141. The van der Waals surface area contributed by atoms with Crippen LogP contribution in [-0.2, 0) is 27.2 Å². The first-order chi connectivity index (χ1) is 9.19. The smallest absolute Gasteiger partial charge is 0.306 e. The average molecular weight is 286 g/mol. The second-order valence-electron chi connectivity index (χ2n) is 4.18. The molecule has 0 fully saturated rings. The van der Waals surface area contributed by atoms with E-state index in [1.165, 1.54) is 7.11 Å². The summed E-state index contributed by atoms with van der Waals surface area (Å²) in [5.41, 5.74) is 1.06. The lowest BCUT2D eigenvalue weighted by atomic mass is 10.3. The summed E-state index contributed by atoms with van der Waals surface area (Å²) in [6.45, 7) is 4.94. The molecule has 0 spiro atoms. The van der Waals surface area contributed by atoms with Crippen LogP contribution in [0.5, 0.6) is 0 Å². The molecule has 1 heterocycles. The van der Waals surface area contributed by atoms with Crippen molar-refractivity contribution >= 4 is 17.3 Å². The number of methoxy groups -OCH3 is 2. The van der Waals surface area contributed by atoms with E-state index in [9.17, 15) is 4.79 Å². The minimum Gasteiger partial charge on any atom is -0.469 e. The number of aryl methyl sites for hydroxylation is 1. The molecule has 0 saturated heterocycles. The van der Waals surface area contributed by atoms with Crippen LogP contribution in [0.2, 0.25) is 0 Å². The van der Waals surface area contributed by atoms with Crippen LogP contribution in [0.4, 0.5) is 0 Å². The Balaban J connectivity index is 2.50. The van der Waals surface area contributed by atoms with Gasteiger partial charge in [0.05, 0.1) is 30.8 Å². The van der Waals surface area contributed by atoms with Crippen molar-refractivity contribution in [1.29, 1.82) is 0 Å². The lowest BCUT2D eigenvalue weighted by Crippen LogP contribution is -2.29. The van der Waals surface area contributed by atoms with E-state index in [-0.39, 0.29) is 5.97 Å². The van der Waals surface area contributed by atoms with Gasteiger partial charge in [0.15, 0.2) is 0 Å². The number of thiazole rings is 1. The second-order valence-corrected chi connectivity index (χ2v) is 5.12. The predicted octanol–water partition coefficient (Wildman–Crippen LogP) is 1.72. The molecular weight excluding hydrogens is 264 g/mol. The Morgan fingerprint density at radius 3 is 2.79 bits per heavy atom. The summed E-state index contributed by atoms with van der Waals surface area (Å²) >= 11 is 1.68. The van der Waals surface area contributed by atoms with Crippen molar-refractivity contribution in [2.24, 2.45) is 0 Å². The molecule has 0 N–H and O–H groups in total. The molecule has 0 aliphatic rings. The molecule has 0 radical (unpaired) electrons. The maximum absolute atomic E-state index is 11.2. The fraction of sp³-hybridized carbons (Fsp3) is 0.692. The number of carbonyl (C=O) groups excluding carboxylic acids is 1. The van der Waals surface area contributed by atoms with Crippen LogP contribution in [0, 0.1) is 0 Å². The third kappa shape index (κ3) is 6.13. The largest absolute Gasteiger partial charge is 0.469 e. The first-order valence-electron chi connectivity index (χ1n) is 6.41. The van der Waals surface area contributed by atoms with Gasteiger partial charge >= 0.3 is 5.97 Å². The Morgan fingerprint density at radius 1 is 1.42 bits per heavy atom. The lowest BCUT2D eigenvalue weighted by Gasteiger charge is -2.20. The summed E-state index contributed by atoms with van der Waals surface area (Å²) in [5.74, 6) is -0.185. The van der Waals surface area contributed by atoms with Crippen LogP contribution >= 0.6 is 11.3 Å². The van der Waals surface area contributed by atoms with Gasteiger partial charge in [0, 0.05) is 32.1 Å². The van der Waals surface area contributed by atoms with Crippen molar-refractivity contribution in [2.75, 3.05) is 33.9 Å². The van der Waals surface area contributed by atoms with Gasteiger partial charge in [0.25, 0.3) is 0 Å². The summed E-state index contributed by atoms with van der Waals surface area (Å²) in [4.78, 5) is 17.9. The van der Waals surface area contributed by atoms with Gasteiger partial charge in [-0.2, -0.15) is 0 Å². The molecule has 5 nitrogen and oxygen atoms in total. The van der Waals surface area contributed by atoms with Gasteiger partial charge in [-0.3, -0.25) is 9.69 Å². The fourth-order valence-electron chi connectivity index (χ4n) is 1.65. The van der Waals surface area contributed by atoms with Gasteiger partial charge < -0.3 is 9.47 Å². The number of aromatic nitrogens is 1. The quantitative estimate of drug-likeness (QED) is 0.647. The number of ether oxygens (including phenoxy) is 2. The first kappa shape index (κ1) is 16.1. The molecule has 0 aliphatic carbocycles. The number of hydrogen-bond donors (Lipinski definition) is 0. The molecule has 108 valence electrons. The Labute approximate surface area is 118 Å². The highest BCUT2D eigenvalue weighted by atomic mass is 32.1. The van der Waals surface area contributed by atoms with Crippen molar-refractivity contribution in [1.82, 2.24) is 9.88 Å². The SMILES string of the molecule is CCc1nc(CN(CCOC)CCC(=O)OC)cs1. The van der Waals surface area contributed by atoms with E-state index in [1.807, 2.05) is 0 Å². The molecule has 1 aromatic heterocycles. The Kier molecular flexibility index (Phi) is 7.62. The molecular formula is C13H22N2O3S. The van der Waals surface area contributed by atoms with Crippen LogP contribution in [0.25, 0.3) is 0 Å². The van der Waals surface area contributed by atoms with E-state index < -0.39 is 0 Å². The molecule has 19 heavy (non-hydrogen) atoms. The Morgan fingerprint density at radius 2 is 2.21 bits per heavy atom. The highest BCUT2D eigenvalue weighted by molar-refractivity contribution is 7.09. The zero-order chi connectivity index (χ0) is 14.1. The molecule has 0 saturated carbocycles. The summed E-state index contributed by atoms with van der Waals surface area (Å²) in [6.07, 6.45) is 1.36. The summed E-state index contributed by atoms with van der Waals surface area (Å²) < 4.78 is 9.76. The van der Waals surface area contributed by atoms with Crippen molar-refractivity contribution in [3.05, 3.63) is 16.1 Å². The van der Waals surface area contributed by atoms with Crippen LogP contribution in [-0.4, -0.2) is 49.8 Å². The number of carbonyl (C=O) groups is 1. The maximum atomic E-state index is 11.2. The van der Waals surface area contributed by atoms with Crippen molar-refractivity contribution in [2.45, 2.75) is 26.3 Å². The second kappa shape index (κ2) is 9.01. The summed E-state index contributed by atoms with van der Waals surface area (Å²) in [7, 11) is 3.09. The predicted molar refractivity (Wildman–Crippen MR) is 75.3 cm³/mol. The van der Waals surface area contributed by atoms with Crippen LogP contribution in [0.3, 0.4) is 0 Å². The zero-order valence-corrected chi connectivity index (χ0v) is 12.7. The van der Waals surface area contributed by atoms with Crippen LogP contribution < -0.4 is 0 Å². The van der Waals surface area contributed by atoms with Gasteiger partial charge in [0.2, 0.25) is 0 Å². The van der Waals surface area contributed by atoms with E-state index in [0.717, 1.165) is 30.2 Å². The van der Waals surface area contributed by atoms with E-state index >= 15 is 0 Å². The monoisotopic (exact) mass is 286 g/mol. The van der Waals surface area contributed by atoms with Crippen molar-refractivity contribution in [3.63, 3.8) is 0 Å². The first-order valence-corrected chi connectivity index (χ1v) is 7.29. The molecule has 0 bridgehead atoms. The van der Waals surface area contributed by atoms with E-state index in [0.29, 0.717) is 19.6 Å². The zero-order valence-electron chi connectivity index (χ0n) is 11.8. The number of rotatable bonds is 9. The molecule has 6 heteroatoms. The summed E-state index contributed by atoms with van der Waals surface area (Å²) in [5, 5.41) is 3.23. The van der Waals surface area contributed by atoms with Gasteiger partial charge in [-0.15, -0.1) is 11.3 Å². The van der Waals surface area contributed by atoms with E-state index in [2.05, 4.69) is 26.9 Å². The average Bonchev–Trinajstić information content (AvgIpc) is 2.89. The minimum atomic E-state index is -0.185. The number of esters is 1. The van der Waals surface area contributed by atoms with Gasteiger partial charge in [0.1, 0.15) is 0 Å². The third-order valence-corrected chi connectivity index (χ3v) is 3.80. The Hall–Kier alpha value is -0.980. The molecule has 0 aliphatic heterocycles. The molecule has 0 aromatic carbocycles. The maximum Gasteiger partial charge on any atom is 0.306 e. The molecule has 1 rings (SSSR count). The highest BCUT2D eigenvalue weighted by Gasteiger charge is 2.11. The topological polar surface area (TPSA) is 51.7 Å². The van der Waals surface area contributed by atoms with Crippen LogP contribution in [0.15, 0.2) is 5.38 Å². The van der Waals surface area contributed by atoms with Crippen molar-refractivity contribution in [3.8, 4) is 0 Å². The van der Waals surface area contributed by atoms with Gasteiger partial charge in [-0.25, -0.2) is 4.98 Å². The number of hydrogen-bond acceptors (Lipinski definition) is 6. The molecule has 0 amide bonds. The standard InChI is InChI=1S/C13H22N2O3S/c1-4-12-14-11(10-19-12)9-15(7-8-17-2)6-5-13(16)18-3/h10H,4-9H2,1-3H3. The summed E-state index contributed by atoms with van der Waals surface area (Å²) in [6, 6.07) is 0. The fourth-order valence-corrected chi connectivity index (χ4v) is 2.39. The molecule has 0 atom stereocenters. The minimum absolute atomic E-state index is 0.185. The van der Waals surface area contributed by atoms with Crippen LogP contribution in [0.1, 0.15) is 24.0 Å². The van der Waals surface area contributed by atoms with Gasteiger partial charge in [-0.1, -0.05) is 6.92 Å². The van der Waals surface area contributed by atoms with E-state index in [4.69, 9.17) is 4.74 Å². The third-order valence-electron chi connectivity index (χ3n) is 2.76. The Bertz CT molecular complexity index is 382.